The summed E-state index contributed by atoms with van der Waals surface area (Å²) >= 11 is 0. The van der Waals surface area contributed by atoms with Crippen molar-refractivity contribution >= 4 is 11.9 Å². The molecule has 0 unspecified atom stereocenters. The Hall–Kier alpha value is -1.73. The van der Waals surface area contributed by atoms with E-state index >= 15 is 0 Å². The van der Waals surface area contributed by atoms with Crippen molar-refractivity contribution in [2.75, 3.05) is 38.0 Å². The zero-order valence-electron chi connectivity index (χ0n) is 16.2. The number of carbonyl (C=O) groups excluding carboxylic acids is 1. The molecule has 3 fully saturated rings. The van der Waals surface area contributed by atoms with Crippen LogP contribution in [0.4, 0.5) is 5.95 Å². The third-order valence-corrected chi connectivity index (χ3v) is 6.57. The van der Waals surface area contributed by atoms with E-state index in [4.69, 9.17) is 0 Å². The number of aliphatic hydroxyl groups is 1. The van der Waals surface area contributed by atoms with Gasteiger partial charge in [0.15, 0.2) is 0 Å². The molecule has 3 aliphatic rings. The highest BCUT2D eigenvalue weighted by Crippen LogP contribution is 2.37. The predicted octanol–water partition coefficient (Wildman–Crippen LogP) is 1.49. The lowest BCUT2D eigenvalue weighted by atomic mass is 9.75. The third kappa shape index (κ3) is 3.94. The van der Waals surface area contributed by atoms with Crippen molar-refractivity contribution in [3.05, 3.63) is 18.0 Å². The maximum absolute atomic E-state index is 12.6. The number of fused-ring (bicyclic) bond motifs is 1. The molecule has 3 heterocycles. The van der Waals surface area contributed by atoms with E-state index in [9.17, 15) is 9.90 Å². The Morgan fingerprint density at radius 2 is 2.00 bits per heavy atom. The molecule has 1 amide bonds. The van der Waals surface area contributed by atoms with Crippen LogP contribution in [-0.2, 0) is 11.3 Å². The molecule has 7 nitrogen and oxygen atoms in total. The first-order valence-corrected chi connectivity index (χ1v) is 10.4. The van der Waals surface area contributed by atoms with Gasteiger partial charge in [-0.3, -0.25) is 9.69 Å². The zero-order chi connectivity index (χ0) is 18.9. The fourth-order valence-corrected chi connectivity index (χ4v) is 4.57. The lowest BCUT2D eigenvalue weighted by Gasteiger charge is -2.51. The monoisotopic (exact) mass is 373 g/mol. The molecule has 148 valence electrons. The molecule has 1 saturated carbocycles. The lowest BCUT2D eigenvalue weighted by molar-refractivity contribution is -0.153. The van der Waals surface area contributed by atoms with Gasteiger partial charge >= 0.3 is 0 Å². The second-order valence-corrected chi connectivity index (χ2v) is 8.39. The van der Waals surface area contributed by atoms with E-state index in [1.54, 1.807) is 0 Å². The number of hydrogen-bond acceptors (Lipinski definition) is 6. The van der Waals surface area contributed by atoms with Crippen LogP contribution in [0.25, 0.3) is 0 Å². The quantitative estimate of drug-likeness (QED) is 0.814. The van der Waals surface area contributed by atoms with Crippen molar-refractivity contribution in [3.63, 3.8) is 0 Å². The molecule has 2 atom stereocenters. The number of nitrogens with zero attached hydrogens (tertiary/aromatic N) is 4. The molecule has 0 aromatic carbocycles. The number of aromatic nitrogens is 2. The Kier molecular flexibility index (Phi) is 5.32. The van der Waals surface area contributed by atoms with Gasteiger partial charge in [-0.1, -0.05) is 6.42 Å². The summed E-state index contributed by atoms with van der Waals surface area (Å²) in [5.74, 6) is 1.34. The van der Waals surface area contributed by atoms with E-state index in [1.165, 1.54) is 6.42 Å². The van der Waals surface area contributed by atoms with E-state index in [-0.39, 0.29) is 11.8 Å². The van der Waals surface area contributed by atoms with Crippen LogP contribution in [0.5, 0.6) is 0 Å². The van der Waals surface area contributed by atoms with Gasteiger partial charge in [-0.05, 0) is 32.6 Å². The summed E-state index contributed by atoms with van der Waals surface area (Å²) in [5, 5.41) is 14.2. The summed E-state index contributed by atoms with van der Waals surface area (Å²) in [7, 11) is 0. The fraction of sp³-hybridized carbons (Fsp3) is 0.750. The molecule has 2 saturated heterocycles. The van der Waals surface area contributed by atoms with Gasteiger partial charge in [0, 0.05) is 69.1 Å². The maximum atomic E-state index is 12.6. The van der Waals surface area contributed by atoms with Crippen molar-refractivity contribution in [2.45, 2.75) is 51.2 Å². The highest BCUT2D eigenvalue weighted by Gasteiger charge is 2.46. The van der Waals surface area contributed by atoms with Crippen LogP contribution in [0.2, 0.25) is 0 Å². The number of carbonyl (C=O) groups is 1. The van der Waals surface area contributed by atoms with E-state index in [0.717, 1.165) is 51.0 Å². The molecule has 1 aliphatic carbocycles. The number of amides is 1. The van der Waals surface area contributed by atoms with Gasteiger partial charge in [-0.15, -0.1) is 0 Å². The first-order chi connectivity index (χ1) is 13.1. The molecule has 0 bridgehead atoms. The molecule has 2 aliphatic heterocycles. The van der Waals surface area contributed by atoms with Gasteiger partial charge in [0.1, 0.15) is 0 Å². The fourth-order valence-electron chi connectivity index (χ4n) is 4.57. The van der Waals surface area contributed by atoms with Gasteiger partial charge in [-0.2, -0.15) is 0 Å². The standard InChI is InChI=1S/C20H31N5O2/c1-2-21-19-22-10-15(11-23-19)12-24-8-6-20(27)7-9-25(14-17(20)13-24)18(26)16-4-3-5-16/h10-11,16-17,27H,2-9,12-14H2,1H3,(H,21,22,23)/t17-,20-/m1/s1. The molecule has 2 N–H and O–H groups in total. The highest BCUT2D eigenvalue weighted by atomic mass is 16.3. The lowest BCUT2D eigenvalue weighted by Crippen LogP contribution is -2.61. The average Bonchev–Trinajstić information content (AvgIpc) is 2.62. The smallest absolute Gasteiger partial charge is 0.225 e. The summed E-state index contributed by atoms with van der Waals surface area (Å²) in [5.41, 5.74) is 0.471. The van der Waals surface area contributed by atoms with Gasteiger partial charge in [0.05, 0.1) is 5.60 Å². The van der Waals surface area contributed by atoms with Crippen LogP contribution in [0.3, 0.4) is 0 Å². The molecule has 4 rings (SSSR count). The second-order valence-electron chi connectivity index (χ2n) is 8.39. The molecule has 7 heteroatoms. The van der Waals surface area contributed by atoms with Crippen LogP contribution < -0.4 is 5.32 Å². The summed E-state index contributed by atoms with van der Waals surface area (Å²) in [6.45, 7) is 6.71. The molecule has 27 heavy (non-hydrogen) atoms. The summed E-state index contributed by atoms with van der Waals surface area (Å²) in [4.78, 5) is 25.7. The Morgan fingerprint density at radius 1 is 1.26 bits per heavy atom. The van der Waals surface area contributed by atoms with Crippen LogP contribution >= 0.6 is 0 Å². The number of nitrogens with one attached hydrogen (secondary N) is 1. The first-order valence-electron chi connectivity index (χ1n) is 10.4. The molecule has 1 aromatic heterocycles. The van der Waals surface area contributed by atoms with Crippen molar-refractivity contribution in [1.29, 1.82) is 0 Å². The topological polar surface area (TPSA) is 81.6 Å². The van der Waals surface area contributed by atoms with Gasteiger partial charge < -0.3 is 15.3 Å². The van der Waals surface area contributed by atoms with Crippen molar-refractivity contribution in [1.82, 2.24) is 19.8 Å². The van der Waals surface area contributed by atoms with Crippen LogP contribution in [-0.4, -0.2) is 69.1 Å². The molecule has 1 aromatic rings. The number of piperidine rings is 2. The van der Waals surface area contributed by atoms with Gasteiger partial charge in [0.25, 0.3) is 0 Å². The minimum Gasteiger partial charge on any atom is -0.389 e. The largest absolute Gasteiger partial charge is 0.389 e. The second kappa shape index (κ2) is 7.72. The summed E-state index contributed by atoms with van der Waals surface area (Å²) in [6.07, 6.45) is 8.50. The maximum Gasteiger partial charge on any atom is 0.225 e. The van der Waals surface area contributed by atoms with Crippen LogP contribution in [0, 0.1) is 11.8 Å². The third-order valence-electron chi connectivity index (χ3n) is 6.57. The average molecular weight is 374 g/mol. The number of anilines is 1. The van der Waals surface area contributed by atoms with Gasteiger partial charge in [-0.25, -0.2) is 9.97 Å². The van der Waals surface area contributed by atoms with E-state index in [2.05, 4.69) is 20.2 Å². The minimum absolute atomic E-state index is 0.131. The van der Waals surface area contributed by atoms with E-state index in [1.807, 2.05) is 24.2 Å². The Morgan fingerprint density at radius 3 is 2.67 bits per heavy atom. The molecule has 0 radical (unpaired) electrons. The van der Waals surface area contributed by atoms with Crippen molar-refractivity contribution < 1.29 is 9.90 Å². The number of rotatable bonds is 5. The van der Waals surface area contributed by atoms with E-state index < -0.39 is 5.60 Å². The summed E-state index contributed by atoms with van der Waals surface area (Å²) < 4.78 is 0. The predicted molar refractivity (Wildman–Crippen MR) is 103 cm³/mol. The number of hydrogen-bond donors (Lipinski definition) is 2. The molecular weight excluding hydrogens is 342 g/mol. The van der Waals surface area contributed by atoms with Crippen LogP contribution in [0.15, 0.2) is 12.4 Å². The highest BCUT2D eigenvalue weighted by molar-refractivity contribution is 5.79. The zero-order valence-corrected chi connectivity index (χ0v) is 16.2. The number of likely N-dealkylation sites (tertiary alicyclic amines) is 2. The van der Waals surface area contributed by atoms with Crippen molar-refractivity contribution in [3.8, 4) is 0 Å². The SMILES string of the molecule is CCNc1ncc(CN2CC[C@@]3(O)CCN(C(=O)C4CCC4)C[C@H]3C2)cn1. The van der Waals surface area contributed by atoms with E-state index in [0.29, 0.717) is 31.4 Å². The first kappa shape index (κ1) is 18.6. The normalized spacial score (nSPS) is 29.1. The summed E-state index contributed by atoms with van der Waals surface area (Å²) in [6, 6.07) is 0. The van der Waals surface area contributed by atoms with Crippen molar-refractivity contribution in [2.24, 2.45) is 11.8 Å². The van der Waals surface area contributed by atoms with Gasteiger partial charge in [0.2, 0.25) is 11.9 Å². The Balaban J connectivity index is 1.36. The Bertz CT molecular complexity index is 663. The van der Waals surface area contributed by atoms with Crippen LogP contribution in [0.1, 0.15) is 44.6 Å². The minimum atomic E-state index is -0.613. The molecular formula is C20H31N5O2. The molecule has 0 spiro atoms. The Labute approximate surface area is 161 Å².